The van der Waals surface area contributed by atoms with Crippen molar-refractivity contribution >= 4 is 0 Å². The smallest absolute Gasteiger partial charge is 0.0756 e. The Balaban J connectivity index is 4.46. The Bertz CT molecular complexity index is 192. The van der Waals surface area contributed by atoms with Crippen LogP contribution in [-0.2, 0) is 0 Å². The molecule has 2 unspecified atom stereocenters. The standard InChI is InChI=1S/C14H32N2O/c1-11(2)8-16(9-12(3)4)13(5)7-14(6,17)10-15/h11-13,17H,7-10,15H2,1-6H3. The molecular formula is C14H32N2O. The van der Waals surface area contributed by atoms with E-state index in [0.29, 0.717) is 24.4 Å². The first-order valence-corrected chi connectivity index (χ1v) is 6.84. The lowest BCUT2D eigenvalue weighted by Gasteiger charge is -2.35. The van der Waals surface area contributed by atoms with Gasteiger partial charge in [0.05, 0.1) is 5.60 Å². The molecule has 0 heterocycles. The molecule has 0 saturated heterocycles. The fraction of sp³-hybridized carbons (Fsp3) is 1.00. The second-order valence-electron chi connectivity index (χ2n) is 6.50. The minimum absolute atomic E-state index is 0.328. The Hall–Kier alpha value is -0.120. The summed E-state index contributed by atoms with van der Waals surface area (Å²) in [7, 11) is 0. The second kappa shape index (κ2) is 7.34. The number of hydrogen-bond acceptors (Lipinski definition) is 3. The predicted molar refractivity (Wildman–Crippen MR) is 75.0 cm³/mol. The van der Waals surface area contributed by atoms with Gasteiger partial charge in [0.25, 0.3) is 0 Å². The summed E-state index contributed by atoms with van der Waals surface area (Å²) in [6, 6.07) is 0.373. The van der Waals surface area contributed by atoms with Crippen LogP contribution in [0.4, 0.5) is 0 Å². The monoisotopic (exact) mass is 244 g/mol. The third-order valence-corrected chi connectivity index (χ3v) is 3.00. The summed E-state index contributed by atoms with van der Waals surface area (Å²) in [5.41, 5.74) is 4.84. The van der Waals surface area contributed by atoms with Crippen molar-refractivity contribution < 1.29 is 5.11 Å². The Kier molecular flexibility index (Phi) is 7.29. The molecule has 104 valence electrons. The quantitative estimate of drug-likeness (QED) is 0.687. The highest BCUT2D eigenvalue weighted by Gasteiger charge is 2.25. The topological polar surface area (TPSA) is 49.5 Å². The van der Waals surface area contributed by atoms with Crippen molar-refractivity contribution in [2.24, 2.45) is 17.6 Å². The zero-order chi connectivity index (χ0) is 13.6. The van der Waals surface area contributed by atoms with Crippen LogP contribution in [-0.4, -0.2) is 41.3 Å². The van der Waals surface area contributed by atoms with Gasteiger partial charge in [-0.05, 0) is 32.1 Å². The van der Waals surface area contributed by atoms with Crippen LogP contribution in [0.25, 0.3) is 0 Å². The van der Waals surface area contributed by atoms with Crippen LogP contribution in [0.3, 0.4) is 0 Å². The number of nitrogens with zero attached hydrogens (tertiary/aromatic N) is 1. The maximum atomic E-state index is 10.1. The van der Waals surface area contributed by atoms with Gasteiger partial charge in [-0.3, -0.25) is 0 Å². The minimum Gasteiger partial charge on any atom is -0.389 e. The van der Waals surface area contributed by atoms with Crippen molar-refractivity contribution in [2.45, 2.75) is 59.6 Å². The van der Waals surface area contributed by atoms with Crippen LogP contribution in [0.15, 0.2) is 0 Å². The summed E-state index contributed by atoms with van der Waals surface area (Å²) in [5, 5.41) is 10.1. The van der Waals surface area contributed by atoms with Crippen LogP contribution >= 0.6 is 0 Å². The van der Waals surface area contributed by atoms with E-state index in [-0.39, 0.29) is 0 Å². The first-order valence-electron chi connectivity index (χ1n) is 6.84. The van der Waals surface area contributed by atoms with Crippen LogP contribution < -0.4 is 5.73 Å². The molecule has 0 spiro atoms. The normalized spacial score (nSPS) is 17.8. The lowest BCUT2D eigenvalue weighted by atomic mass is 9.96. The van der Waals surface area contributed by atoms with E-state index in [2.05, 4.69) is 39.5 Å². The molecule has 3 heteroatoms. The first-order chi connectivity index (χ1) is 7.68. The van der Waals surface area contributed by atoms with Crippen molar-refractivity contribution in [3.8, 4) is 0 Å². The maximum absolute atomic E-state index is 10.1. The summed E-state index contributed by atoms with van der Waals surface area (Å²) in [6.45, 7) is 15.5. The summed E-state index contributed by atoms with van der Waals surface area (Å²) >= 11 is 0. The average Bonchev–Trinajstić information content (AvgIpc) is 2.14. The zero-order valence-corrected chi connectivity index (χ0v) is 12.5. The van der Waals surface area contributed by atoms with Crippen molar-refractivity contribution in [1.82, 2.24) is 4.90 Å². The van der Waals surface area contributed by atoms with Crippen molar-refractivity contribution in [3.63, 3.8) is 0 Å². The molecule has 0 radical (unpaired) electrons. The van der Waals surface area contributed by atoms with Crippen molar-refractivity contribution in [2.75, 3.05) is 19.6 Å². The van der Waals surface area contributed by atoms with E-state index in [1.165, 1.54) is 0 Å². The molecule has 0 aromatic rings. The number of hydrogen-bond donors (Lipinski definition) is 2. The molecular weight excluding hydrogens is 212 g/mol. The summed E-state index contributed by atoms with van der Waals surface area (Å²) in [4.78, 5) is 2.47. The number of aliphatic hydroxyl groups is 1. The van der Waals surface area contributed by atoms with Gasteiger partial charge in [0.1, 0.15) is 0 Å². The molecule has 0 aliphatic heterocycles. The molecule has 0 fully saturated rings. The fourth-order valence-electron chi connectivity index (χ4n) is 2.22. The molecule has 0 rings (SSSR count). The third-order valence-electron chi connectivity index (χ3n) is 3.00. The molecule has 0 aromatic carbocycles. The van der Waals surface area contributed by atoms with Crippen LogP contribution in [0.5, 0.6) is 0 Å². The van der Waals surface area contributed by atoms with Gasteiger partial charge >= 0.3 is 0 Å². The molecule has 0 aliphatic carbocycles. The van der Waals surface area contributed by atoms with E-state index in [1.807, 2.05) is 6.92 Å². The van der Waals surface area contributed by atoms with Gasteiger partial charge in [0.15, 0.2) is 0 Å². The predicted octanol–water partition coefficient (Wildman–Crippen LogP) is 2.09. The van der Waals surface area contributed by atoms with Crippen LogP contribution in [0.2, 0.25) is 0 Å². The largest absolute Gasteiger partial charge is 0.389 e. The zero-order valence-electron chi connectivity index (χ0n) is 12.5. The van der Waals surface area contributed by atoms with E-state index in [9.17, 15) is 5.11 Å². The van der Waals surface area contributed by atoms with Gasteiger partial charge < -0.3 is 15.7 Å². The van der Waals surface area contributed by atoms with E-state index in [4.69, 9.17) is 5.73 Å². The van der Waals surface area contributed by atoms with Gasteiger partial charge in [-0.2, -0.15) is 0 Å². The molecule has 0 bridgehead atoms. The van der Waals surface area contributed by atoms with Gasteiger partial charge in [0.2, 0.25) is 0 Å². The maximum Gasteiger partial charge on any atom is 0.0756 e. The Morgan fingerprint density at radius 2 is 1.47 bits per heavy atom. The highest BCUT2D eigenvalue weighted by Crippen LogP contribution is 2.17. The number of nitrogens with two attached hydrogens (primary N) is 1. The van der Waals surface area contributed by atoms with Crippen LogP contribution in [0.1, 0.15) is 48.0 Å². The molecule has 3 N–H and O–H groups in total. The van der Waals surface area contributed by atoms with Crippen molar-refractivity contribution in [3.05, 3.63) is 0 Å². The van der Waals surface area contributed by atoms with E-state index in [0.717, 1.165) is 19.5 Å². The SMILES string of the molecule is CC(C)CN(CC(C)C)C(C)CC(C)(O)CN. The fourth-order valence-corrected chi connectivity index (χ4v) is 2.22. The Labute approximate surface area is 107 Å². The van der Waals surface area contributed by atoms with Gasteiger partial charge in [-0.1, -0.05) is 27.7 Å². The summed E-state index contributed by atoms with van der Waals surface area (Å²) < 4.78 is 0. The highest BCUT2D eigenvalue weighted by molar-refractivity contribution is 4.81. The molecule has 0 saturated carbocycles. The lowest BCUT2D eigenvalue weighted by Crippen LogP contribution is -2.45. The molecule has 0 aliphatic rings. The van der Waals surface area contributed by atoms with Crippen LogP contribution in [0, 0.1) is 11.8 Å². The van der Waals surface area contributed by atoms with Gasteiger partial charge in [-0.15, -0.1) is 0 Å². The first kappa shape index (κ1) is 16.9. The highest BCUT2D eigenvalue weighted by atomic mass is 16.3. The summed E-state index contributed by atoms with van der Waals surface area (Å²) in [5.74, 6) is 1.30. The Morgan fingerprint density at radius 3 is 1.76 bits per heavy atom. The average molecular weight is 244 g/mol. The van der Waals surface area contributed by atoms with E-state index >= 15 is 0 Å². The van der Waals surface area contributed by atoms with Gasteiger partial charge in [-0.25, -0.2) is 0 Å². The number of rotatable bonds is 8. The Morgan fingerprint density at radius 1 is 1.06 bits per heavy atom. The molecule has 3 nitrogen and oxygen atoms in total. The summed E-state index contributed by atoms with van der Waals surface area (Å²) in [6.07, 6.45) is 0.739. The second-order valence-corrected chi connectivity index (χ2v) is 6.50. The molecule has 0 aromatic heterocycles. The van der Waals surface area contributed by atoms with E-state index in [1.54, 1.807) is 0 Å². The van der Waals surface area contributed by atoms with Crippen molar-refractivity contribution in [1.29, 1.82) is 0 Å². The van der Waals surface area contributed by atoms with E-state index < -0.39 is 5.60 Å². The molecule has 2 atom stereocenters. The molecule has 17 heavy (non-hydrogen) atoms. The molecule has 0 amide bonds. The minimum atomic E-state index is -0.744. The third kappa shape index (κ3) is 7.74. The van der Waals surface area contributed by atoms with Gasteiger partial charge in [0, 0.05) is 25.7 Å². The lowest BCUT2D eigenvalue weighted by molar-refractivity contribution is 0.0237.